The van der Waals surface area contributed by atoms with E-state index in [-0.39, 0.29) is 16.4 Å². The Morgan fingerprint density at radius 2 is 1.69 bits per heavy atom. The number of nitrogens with zero attached hydrogens (tertiary/aromatic N) is 7. The van der Waals surface area contributed by atoms with E-state index in [0.717, 1.165) is 0 Å². The molecule has 0 bridgehead atoms. The van der Waals surface area contributed by atoms with Crippen molar-refractivity contribution in [1.82, 2.24) is 34.1 Å². The minimum Gasteiger partial charge on any atom is -0.284 e. The molecule has 5 rings (SSSR count). The van der Waals surface area contributed by atoms with Crippen molar-refractivity contribution in [2.75, 3.05) is 4.72 Å². The Morgan fingerprint density at radius 3 is 2.41 bits per heavy atom. The average molecular weight is 448 g/mol. The van der Waals surface area contributed by atoms with Crippen LogP contribution in [-0.2, 0) is 10.0 Å². The molecule has 11 nitrogen and oxygen atoms in total. The lowest BCUT2D eigenvalue weighted by molar-refractivity contribution is 0.600. The molecule has 0 aliphatic heterocycles. The van der Waals surface area contributed by atoms with Crippen LogP contribution in [0.1, 0.15) is 11.4 Å². The van der Waals surface area contributed by atoms with E-state index in [9.17, 15) is 13.2 Å². The summed E-state index contributed by atoms with van der Waals surface area (Å²) < 4.78 is 30.7. The van der Waals surface area contributed by atoms with E-state index < -0.39 is 10.0 Å². The monoisotopic (exact) mass is 448 g/mol. The van der Waals surface area contributed by atoms with Crippen molar-refractivity contribution < 1.29 is 8.42 Å². The molecule has 0 unspecified atom stereocenters. The summed E-state index contributed by atoms with van der Waals surface area (Å²) in [7, 11) is -3.90. The van der Waals surface area contributed by atoms with Crippen LogP contribution in [0.2, 0.25) is 0 Å². The SMILES string of the molecule is Cc1cc(C)nc(NS(=O)(=O)c2ccc(-n3ccc4c(cnc5ncnn54)c3=O)cc2)n1. The maximum absolute atomic E-state index is 13.0. The summed E-state index contributed by atoms with van der Waals surface area (Å²) in [6.07, 6.45) is 4.41. The van der Waals surface area contributed by atoms with Crippen molar-refractivity contribution in [3.05, 3.63) is 76.9 Å². The number of benzene rings is 1. The first kappa shape index (κ1) is 19.8. The molecule has 12 heteroatoms. The van der Waals surface area contributed by atoms with Gasteiger partial charge in [0, 0.05) is 29.5 Å². The molecule has 0 aliphatic carbocycles. The number of aryl methyl sites for hydroxylation is 2. The Balaban J connectivity index is 1.50. The number of fused-ring (bicyclic) bond motifs is 3. The van der Waals surface area contributed by atoms with Crippen LogP contribution in [0.4, 0.5) is 5.95 Å². The number of anilines is 1. The first-order valence-electron chi connectivity index (χ1n) is 9.47. The van der Waals surface area contributed by atoms with Gasteiger partial charge >= 0.3 is 0 Å². The largest absolute Gasteiger partial charge is 0.284 e. The summed E-state index contributed by atoms with van der Waals surface area (Å²) in [6, 6.07) is 9.39. The Labute approximate surface area is 181 Å². The maximum atomic E-state index is 13.0. The number of nitrogens with one attached hydrogen (secondary N) is 1. The fraction of sp³-hybridized carbons (Fsp3) is 0.100. The topological polar surface area (TPSA) is 137 Å². The fourth-order valence-electron chi connectivity index (χ4n) is 3.40. The van der Waals surface area contributed by atoms with Crippen molar-refractivity contribution in [3.8, 4) is 5.69 Å². The van der Waals surface area contributed by atoms with Crippen LogP contribution in [-0.4, -0.2) is 42.5 Å². The third kappa shape index (κ3) is 3.36. The van der Waals surface area contributed by atoms with Crippen molar-refractivity contribution in [3.63, 3.8) is 0 Å². The number of pyridine rings is 1. The Morgan fingerprint density at radius 1 is 0.969 bits per heavy atom. The van der Waals surface area contributed by atoms with E-state index in [1.807, 2.05) is 0 Å². The van der Waals surface area contributed by atoms with Crippen molar-refractivity contribution in [1.29, 1.82) is 0 Å². The Hall–Kier alpha value is -4.19. The van der Waals surface area contributed by atoms with Gasteiger partial charge in [-0.2, -0.15) is 14.6 Å². The second kappa shape index (κ2) is 7.20. The number of sulfonamides is 1. The fourth-order valence-corrected chi connectivity index (χ4v) is 4.35. The molecule has 160 valence electrons. The van der Waals surface area contributed by atoms with E-state index >= 15 is 0 Å². The van der Waals surface area contributed by atoms with Gasteiger partial charge in [-0.15, -0.1) is 0 Å². The predicted octanol–water partition coefficient (Wildman–Crippen LogP) is 1.64. The zero-order chi connectivity index (χ0) is 22.5. The highest BCUT2D eigenvalue weighted by Gasteiger charge is 2.17. The summed E-state index contributed by atoms with van der Waals surface area (Å²) >= 11 is 0. The average Bonchev–Trinajstić information content (AvgIpc) is 3.22. The van der Waals surface area contributed by atoms with E-state index in [1.54, 1.807) is 44.3 Å². The van der Waals surface area contributed by atoms with E-state index in [1.165, 1.54) is 33.7 Å². The highest BCUT2D eigenvalue weighted by atomic mass is 32.2. The summed E-state index contributed by atoms with van der Waals surface area (Å²) in [5.41, 5.74) is 2.06. The number of hydrogen-bond acceptors (Lipinski definition) is 8. The molecule has 0 amide bonds. The first-order chi connectivity index (χ1) is 15.3. The summed E-state index contributed by atoms with van der Waals surface area (Å²) in [5, 5.41) is 4.44. The van der Waals surface area contributed by atoms with Crippen LogP contribution in [0, 0.1) is 13.8 Å². The molecule has 5 aromatic rings. The van der Waals surface area contributed by atoms with Gasteiger partial charge in [0.2, 0.25) is 5.95 Å². The zero-order valence-corrected chi connectivity index (χ0v) is 17.8. The third-order valence-corrected chi connectivity index (χ3v) is 6.15. The first-order valence-corrected chi connectivity index (χ1v) is 11.0. The van der Waals surface area contributed by atoms with Crippen molar-refractivity contribution in [2.24, 2.45) is 0 Å². The van der Waals surface area contributed by atoms with Crippen molar-refractivity contribution >= 4 is 32.7 Å². The van der Waals surface area contributed by atoms with Crippen LogP contribution >= 0.6 is 0 Å². The smallest absolute Gasteiger partial charge is 0.266 e. The summed E-state index contributed by atoms with van der Waals surface area (Å²) in [5.74, 6) is 0.397. The van der Waals surface area contributed by atoms with E-state index in [2.05, 4.69) is 29.8 Å². The van der Waals surface area contributed by atoms with E-state index in [4.69, 9.17) is 0 Å². The molecular formula is C20H16N8O3S. The normalized spacial score (nSPS) is 11.8. The van der Waals surface area contributed by atoms with Gasteiger partial charge < -0.3 is 0 Å². The lowest BCUT2D eigenvalue weighted by atomic mass is 10.2. The molecule has 0 saturated heterocycles. The van der Waals surface area contributed by atoms with Gasteiger partial charge in [-0.1, -0.05) is 0 Å². The Bertz CT molecular complexity index is 1640. The molecule has 1 aromatic carbocycles. The molecule has 0 radical (unpaired) electrons. The molecule has 0 spiro atoms. The van der Waals surface area contributed by atoms with Crippen LogP contribution in [0.3, 0.4) is 0 Å². The van der Waals surface area contributed by atoms with Crippen LogP contribution in [0.25, 0.3) is 22.4 Å². The second-order valence-electron chi connectivity index (χ2n) is 7.09. The summed E-state index contributed by atoms with van der Waals surface area (Å²) in [4.78, 5) is 29.4. The minimum atomic E-state index is -3.90. The predicted molar refractivity (Wildman–Crippen MR) is 116 cm³/mol. The molecule has 32 heavy (non-hydrogen) atoms. The van der Waals surface area contributed by atoms with E-state index in [0.29, 0.717) is 33.8 Å². The number of hydrogen-bond donors (Lipinski definition) is 1. The minimum absolute atomic E-state index is 0.00394. The number of aromatic nitrogens is 7. The lowest BCUT2D eigenvalue weighted by Gasteiger charge is -2.10. The van der Waals surface area contributed by atoms with Gasteiger partial charge in [-0.25, -0.2) is 28.1 Å². The van der Waals surface area contributed by atoms with Crippen molar-refractivity contribution in [2.45, 2.75) is 18.7 Å². The van der Waals surface area contributed by atoms with Gasteiger partial charge in [0.15, 0.2) is 0 Å². The van der Waals surface area contributed by atoms with Gasteiger partial charge in [0.25, 0.3) is 21.4 Å². The number of rotatable bonds is 4. The van der Waals surface area contributed by atoms with Crippen LogP contribution in [0.5, 0.6) is 0 Å². The molecule has 1 N–H and O–H groups in total. The molecule has 0 atom stereocenters. The molecule has 0 fully saturated rings. The lowest BCUT2D eigenvalue weighted by Crippen LogP contribution is -2.19. The maximum Gasteiger partial charge on any atom is 0.266 e. The highest BCUT2D eigenvalue weighted by molar-refractivity contribution is 7.92. The standard InChI is InChI=1S/C20H16N8O3S/c1-12-9-13(2)25-19(24-12)26-32(30,31)15-5-3-14(4-6-15)27-8-7-17-16(18(27)29)10-21-20-22-11-23-28(17)20/h3-11H,1-2H3,(H,24,25,26). The Kier molecular flexibility index (Phi) is 4.44. The molecule has 0 aliphatic rings. The van der Waals surface area contributed by atoms with Crippen LogP contribution < -0.4 is 10.3 Å². The quantitative estimate of drug-likeness (QED) is 0.438. The van der Waals surface area contributed by atoms with Crippen LogP contribution in [0.15, 0.2) is 64.8 Å². The molecular weight excluding hydrogens is 432 g/mol. The second-order valence-corrected chi connectivity index (χ2v) is 8.78. The molecule has 4 aromatic heterocycles. The zero-order valence-electron chi connectivity index (χ0n) is 17.0. The highest BCUT2D eigenvalue weighted by Crippen LogP contribution is 2.17. The van der Waals surface area contributed by atoms with Gasteiger partial charge in [0.05, 0.1) is 15.8 Å². The molecule has 4 heterocycles. The van der Waals surface area contributed by atoms with Gasteiger partial charge in [-0.3, -0.25) is 9.36 Å². The molecule has 0 saturated carbocycles. The summed E-state index contributed by atoms with van der Waals surface area (Å²) in [6.45, 7) is 3.51. The van der Waals surface area contributed by atoms with Gasteiger partial charge in [-0.05, 0) is 50.2 Å². The van der Waals surface area contributed by atoms with Gasteiger partial charge in [0.1, 0.15) is 6.33 Å². The third-order valence-electron chi connectivity index (χ3n) is 4.81.